The molecule has 0 aliphatic carbocycles. The van der Waals surface area contributed by atoms with Crippen molar-refractivity contribution < 1.29 is 19.1 Å². The molecule has 3 aromatic rings. The van der Waals surface area contributed by atoms with E-state index in [-0.39, 0.29) is 16.7 Å². The van der Waals surface area contributed by atoms with E-state index in [2.05, 4.69) is 10.1 Å². The van der Waals surface area contributed by atoms with E-state index in [9.17, 15) is 5.11 Å². The Bertz CT molecular complexity index is 904. The molecule has 0 atom stereocenters. The van der Waals surface area contributed by atoms with Crippen molar-refractivity contribution in [3.63, 3.8) is 0 Å². The quantitative estimate of drug-likeness (QED) is 0.736. The molecule has 0 radical (unpaired) electrons. The Morgan fingerprint density at radius 3 is 2.52 bits per heavy atom. The molecule has 2 aromatic carbocycles. The van der Waals surface area contributed by atoms with Crippen LogP contribution in [0.15, 0.2) is 47.0 Å². The van der Waals surface area contributed by atoms with Crippen LogP contribution in [-0.4, -0.2) is 29.5 Å². The summed E-state index contributed by atoms with van der Waals surface area (Å²) in [4.78, 5) is 4.28. The van der Waals surface area contributed by atoms with Gasteiger partial charge in [0.15, 0.2) is 11.5 Å². The lowest BCUT2D eigenvalue weighted by molar-refractivity contribution is 0.373. The summed E-state index contributed by atoms with van der Waals surface area (Å²) in [5, 5.41) is 14.0. The zero-order chi connectivity index (χ0) is 17.8. The second-order valence-electron chi connectivity index (χ2n) is 5.08. The number of hydrogen-bond donors (Lipinski definition) is 1. The number of aromatic hydroxyl groups is 1. The molecule has 0 aliphatic rings. The standard InChI is InChI=1S/C18H15ClN2O4/c1-23-13-6-4-12(5-7-13)17-20-18(25-21-17)14(19)9-11-3-8-16(24-2)15(22)10-11/h3-10,22H,1-2H3/b14-9-. The van der Waals surface area contributed by atoms with Crippen LogP contribution < -0.4 is 9.47 Å². The van der Waals surface area contributed by atoms with Gasteiger partial charge in [-0.3, -0.25) is 0 Å². The van der Waals surface area contributed by atoms with E-state index in [1.54, 1.807) is 25.3 Å². The molecule has 3 rings (SSSR count). The highest BCUT2D eigenvalue weighted by atomic mass is 35.5. The van der Waals surface area contributed by atoms with Crippen molar-refractivity contribution in [2.24, 2.45) is 0 Å². The fourth-order valence-corrected chi connectivity index (χ4v) is 2.39. The first-order valence-electron chi connectivity index (χ1n) is 7.33. The van der Waals surface area contributed by atoms with Gasteiger partial charge in [0.25, 0.3) is 5.89 Å². The van der Waals surface area contributed by atoms with Gasteiger partial charge in [0.1, 0.15) is 10.8 Å². The lowest BCUT2D eigenvalue weighted by Crippen LogP contribution is -1.85. The highest BCUT2D eigenvalue weighted by molar-refractivity contribution is 6.50. The number of rotatable bonds is 5. The van der Waals surface area contributed by atoms with Crippen LogP contribution in [0.2, 0.25) is 0 Å². The molecule has 1 N–H and O–H groups in total. The lowest BCUT2D eigenvalue weighted by Gasteiger charge is -2.03. The predicted octanol–water partition coefficient (Wildman–Crippen LogP) is 4.20. The van der Waals surface area contributed by atoms with Crippen molar-refractivity contribution in [3.05, 3.63) is 53.9 Å². The van der Waals surface area contributed by atoms with Crippen LogP contribution in [0.5, 0.6) is 17.2 Å². The molecule has 0 bridgehead atoms. The van der Waals surface area contributed by atoms with E-state index in [4.69, 9.17) is 25.6 Å². The number of halogens is 1. The van der Waals surface area contributed by atoms with Gasteiger partial charge in [-0.15, -0.1) is 0 Å². The van der Waals surface area contributed by atoms with E-state index in [0.29, 0.717) is 17.1 Å². The van der Waals surface area contributed by atoms with Crippen LogP contribution in [0.4, 0.5) is 0 Å². The van der Waals surface area contributed by atoms with E-state index in [0.717, 1.165) is 11.3 Å². The number of methoxy groups -OCH3 is 2. The molecule has 0 saturated carbocycles. The van der Waals surface area contributed by atoms with Crippen molar-refractivity contribution in [3.8, 4) is 28.6 Å². The van der Waals surface area contributed by atoms with Gasteiger partial charge in [0.05, 0.1) is 14.2 Å². The summed E-state index contributed by atoms with van der Waals surface area (Å²) in [5.41, 5.74) is 1.45. The SMILES string of the molecule is COc1ccc(-c2noc(/C(Cl)=C/c3ccc(OC)c(O)c3)n2)cc1. The second kappa shape index (κ2) is 7.27. The summed E-state index contributed by atoms with van der Waals surface area (Å²) in [5.74, 6) is 1.74. The van der Waals surface area contributed by atoms with Gasteiger partial charge in [-0.05, 0) is 48.0 Å². The maximum Gasteiger partial charge on any atom is 0.269 e. The zero-order valence-corrected chi connectivity index (χ0v) is 14.3. The average molecular weight is 359 g/mol. The normalized spacial score (nSPS) is 11.4. The van der Waals surface area contributed by atoms with Gasteiger partial charge in [-0.2, -0.15) is 4.98 Å². The molecule has 0 saturated heterocycles. The highest BCUT2D eigenvalue weighted by Crippen LogP contribution is 2.29. The van der Waals surface area contributed by atoms with Crippen molar-refractivity contribution in [1.82, 2.24) is 10.1 Å². The first-order valence-corrected chi connectivity index (χ1v) is 7.71. The molecule has 0 aliphatic heterocycles. The Morgan fingerprint density at radius 1 is 1.12 bits per heavy atom. The van der Waals surface area contributed by atoms with Crippen LogP contribution in [0, 0.1) is 0 Å². The monoisotopic (exact) mass is 358 g/mol. The van der Waals surface area contributed by atoms with Crippen LogP contribution in [0.25, 0.3) is 22.5 Å². The number of benzene rings is 2. The van der Waals surface area contributed by atoms with Crippen LogP contribution in [-0.2, 0) is 0 Å². The zero-order valence-electron chi connectivity index (χ0n) is 13.6. The molecule has 0 amide bonds. The average Bonchev–Trinajstić information content (AvgIpc) is 3.12. The molecule has 6 nitrogen and oxygen atoms in total. The van der Waals surface area contributed by atoms with Crippen molar-refractivity contribution >= 4 is 22.7 Å². The van der Waals surface area contributed by atoms with Crippen LogP contribution in [0.3, 0.4) is 0 Å². The molecule has 25 heavy (non-hydrogen) atoms. The van der Waals surface area contributed by atoms with Gasteiger partial charge in [-0.1, -0.05) is 22.8 Å². The number of phenols is 1. The summed E-state index contributed by atoms with van der Waals surface area (Å²) in [6.45, 7) is 0. The number of phenolic OH excluding ortho intramolecular Hbond substituents is 1. The molecule has 0 unspecified atom stereocenters. The molecule has 7 heteroatoms. The first kappa shape index (κ1) is 16.9. The highest BCUT2D eigenvalue weighted by Gasteiger charge is 2.12. The Morgan fingerprint density at radius 2 is 1.88 bits per heavy atom. The van der Waals surface area contributed by atoms with Crippen molar-refractivity contribution in [1.29, 1.82) is 0 Å². The minimum Gasteiger partial charge on any atom is -0.504 e. The molecule has 1 aromatic heterocycles. The van der Waals surface area contributed by atoms with E-state index >= 15 is 0 Å². The number of aromatic nitrogens is 2. The number of nitrogens with zero attached hydrogens (tertiary/aromatic N) is 2. The largest absolute Gasteiger partial charge is 0.504 e. The summed E-state index contributed by atoms with van der Waals surface area (Å²) in [6.07, 6.45) is 1.62. The second-order valence-corrected chi connectivity index (χ2v) is 5.48. The third kappa shape index (κ3) is 3.75. The Labute approximate surface area is 149 Å². The molecular weight excluding hydrogens is 344 g/mol. The van der Waals surface area contributed by atoms with E-state index < -0.39 is 0 Å². The fourth-order valence-electron chi connectivity index (χ4n) is 2.18. The Kier molecular flexibility index (Phi) is 4.90. The molecular formula is C18H15ClN2O4. The first-order chi connectivity index (χ1) is 12.1. The maximum atomic E-state index is 9.81. The number of ether oxygens (including phenoxy) is 2. The van der Waals surface area contributed by atoms with Gasteiger partial charge in [0, 0.05) is 5.56 Å². The summed E-state index contributed by atoms with van der Waals surface area (Å²) in [6, 6.07) is 12.2. The molecule has 1 heterocycles. The van der Waals surface area contributed by atoms with Crippen LogP contribution in [0.1, 0.15) is 11.5 Å². The number of hydrogen-bond acceptors (Lipinski definition) is 6. The fraction of sp³-hybridized carbons (Fsp3) is 0.111. The Balaban J connectivity index is 1.84. The van der Waals surface area contributed by atoms with Crippen LogP contribution >= 0.6 is 11.6 Å². The summed E-state index contributed by atoms with van der Waals surface area (Å²) < 4.78 is 15.3. The third-order valence-corrected chi connectivity index (χ3v) is 3.75. The van der Waals surface area contributed by atoms with Gasteiger partial charge in [-0.25, -0.2) is 0 Å². The predicted molar refractivity (Wildman–Crippen MR) is 94.7 cm³/mol. The molecule has 0 fully saturated rings. The minimum atomic E-state index is 0.0187. The smallest absolute Gasteiger partial charge is 0.269 e. The van der Waals surface area contributed by atoms with E-state index in [1.165, 1.54) is 13.2 Å². The molecule has 128 valence electrons. The third-order valence-electron chi connectivity index (χ3n) is 3.47. The minimum absolute atomic E-state index is 0.0187. The van der Waals surface area contributed by atoms with Gasteiger partial charge >= 0.3 is 0 Å². The molecule has 0 spiro atoms. The maximum absolute atomic E-state index is 9.81. The Hall–Kier alpha value is -2.99. The van der Waals surface area contributed by atoms with E-state index in [1.807, 2.05) is 24.3 Å². The van der Waals surface area contributed by atoms with Gasteiger partial charge < -0.3 is 19.1 Å². The summed E-state index contributed by atoms with van der Waals surface area (Å²) in [7, 11) is 3.08. The van der Waals surface area contributed by atoms with Gasteiger partial charge in [0.2, 0.25) is 5.82 Å². The lowest BCUT2D eigenvalue weighted by atomic mass is 10.2. The topological polar surface area (TPSA) is 77.6 Å². The summed E-state index contributed by atoms with van der Waals surface area (Å²) >= 11 is 6.25. The van der Waals surface area contributed by atoms with Crippen molar-refractivity contribution in [2.75, 3.05) is 14.2 Å². The van der Waals surface area contributed by atoms with Crippen molar-refractivity contribution in [2.45, 2.75) is 0 Å².